The molecular weight excluding hydrogens is 210 g/mol. The fraction of sp³-hybridized carbons (Fsp3) is 0.667. The van der Waals surface area contributed by atoms with Crippen LogP contribution in [-0.4, -0.2) is 15.7 Å². The van der Waals surface area contributed by atoms with Crippen molar-refractivity contribution in [2.75, 3.05) is 0 Å². The van der Waals surface area contributed by atoms with Crippen LogP contribution in [0.2, 0.25) is 0 Å². The van der Waals surface area contributed by atoms with Crippen molar-refractivity contribution in [1.29, 1.82) is 0 Å². The number of hydrogen-bond acceptors (Lipinski definition) is 2. The van der Waals surface area contributed by atoms with Gasteiger partial charge in [-0.1, -0.05) is 13.0 Å². The molecule has 2 heteroatoms. The highest BCUT2D eigenvalue weighted by Crippen LogP contribution is 2.51. The van der Waals surface area contributed by atoms with Crippen LogP contribution in [0.15, 0.2) is 18.3 Å². The van der Waals surface area contributed by atoms with Crippen molar-refractivity contribution in [1.82, 2.24) is 4.98 Å². The van der Waals surface area contributed by atoms with Crippen LogP contribution in [0.3, 0.4) is 0 Å². The molecule has 1 fully saturated rings. The van der Waals surface area contributed by atoms with Crippen LogP contribution in [0.5, 0.6) is 0 Å². The van der Waals surface area contributed by atoms with Crippen molar-refractivity contribution in [3.63, 3.8) is 0 Å². The van der Waals surface area contributed by atoms with E-state index in [4.69, 9.17) is 0 Å². The van der Waals surface area contributed by atoms with Gasteiger partial charge in [0, 0.05) is 17.8 Å². The summed E-state index contributed by atoms with van der Waals surface area (Å²) < 4.78 is 0. The maximum absolute atomic E-state index is 11.0. The van der Waals surface area contributed by atoms with E-state index >= 15 is 0 Å². The van der Waals surface area contributed by atoms with E-state index in [1.54, 1.807) is 0 Å². The molecule has 2 unspecified atom stereocenters. The van der Waals surface area contributed by atoms with E-state index in [-0.39, 0.29) is 5.92 Å². The first-order chi connectivity index (χ1) is 8.25. The van der Waals surface area contributed by atoms with Gasteiger partial charge in [0.2, 0.25) is 0 Å². The molecule has 2 aliphatic rings. The minimum absolute atomic E-state index is 0.268. The van der Waals surface area contributed by atoms with E-state index in [0.29, 0.717) is 5.92 Å². The van der Waals surface area contributed by atoms with Crippen molar-refractivity contribution >= 4 is 0 Å². The Labute approximate surface area is 103 Å². The smallest absolute Gasteiger partial charge is 0.0756 e. The molecule has 0 spiro atoms. The molecule has 2 aliphatic carbocycles. The molecule has 1 heterocycles. The van der Waals surface area contributed by atoms with Crippen LogP contribution in [0.25, 0.3) is 0 Å². The van der Waals surface area contributed by atoms with Crippen LogP contribution in [-0.2, 0) is 6.42 Å². The summed E-state index contributed by atoms with van der Waals surface area (Å²) >= 11 is 0. The number of fused-ring (bicyclic) bond motifs is 1. The van der Waals surface area contributed by atoms with E-state index in [0.717, 1.165) is 19.3 Å². The average molecular weight is 231 g/mol. The average Bonchev–Trinajstić information content (AvgIpc) is 3.22. The van der Waals surface area contributed by atoms with Gasteiger partial charge in [-0.05, 0) is 56.1 Å². The van der Waals surface area contributed by atoms with Crippen LogP contribution in [0, 0.1) is 5.92 Å². The van der Waals surface area contributed by atoms with E-state index in [1.807, 2.05) is 12.3 Å². The second kappa shape index (κ2) is 4.09. The number of aromatic nitrogens is 1. The molecule has 0 aromatic carbocycles. The molecule has 2 atom stereocenters. The first-order valence-corrected chi connectivity index (χ1v) is 6.92. The van der Waals surface area contributed by atoms with Gasteiger partial charge in [-0.3, -0.25) is 4.98 Å². The standard InChI is InChI=1S/C15H21NO/c1-2-15(17,12-8-9-12)13-7-3-5-11-6-4-10-16-14(11)13/h4,6,10,12-13,17H,2-3,5,7-9H2,1H3. The molecule has 1 N–H and O–H groups in total. The molecular formula is C15H21NO. The summed E-state index contributed by atoms with van der Waals surface area (Å²) in [5.74, 6) is 0.787. The number of hydrogen-bond donors (Lipinski definition) is 1. The highest BCUT2D eigenvalue weighted by Gasteiger charge is 2.49. The zero-order valence-corrected chi connectivity index (χ0v) is 10.5. The molecule has 0 radical (unpaired) electrons. The number of nitrogens with zero attached hydrogens (tertiary/aromatic N) is 1. The third-order valence-corrected chi connectivity index (χ3v) is 4.65. The lowest BCUT2D eigenvalue weighted by Gasteiger charge is -2.38. The van der Waals surface area contributed by atoms with Crippen LogP contribution >= 0.6 is 0 Å². The van der Waals surface area contributed by atoms with Crippen molar-refractivity contribution in [2.45, 2.75) is 57.0 Å². The maximum Gasteiger partial charge on any atom is 0.0756 e. The number of aryl methyl sites for hydroxylation is 1. The zero-order chi connectivity index (χ0) is 11.9. The van der Waals surface area contributed by atoms with Gasteiger partial charge in [0.25, 0.3) is 0 Å². The van der Waals surface area contributed by atoms with Gasteiger partial charge in [-0.15, -0.1) is 0 Å². The van der Waals surface area contributed by atoms with E-state index in [1.165, 1.54) is 30.5 Å². The normalized spacial score (nSPS) is 27.3. The van der Waals surface area contributed by atoms with Crippen LogP contribution in [0.4, 0.5) is 0 Å². The van der Waals surface area contributed by atoms with Crippen molar-refractivity contribution in [3.05, 3.63) is 29.6 Å². The van der Waals surface area contributed by atoms with Crippen LogP contribution in [0.1, 0.15) is 56.2 Å². The Kier molecular flexibility index (Phi) is 2.70. The zero-order valence-electron chi connectivity index (χ0n) is 10.5. The number of pyridine rings is 1. The number of aliphatic hydroxyl groups is 1. The van der Waals surface area contributed by atoms with Crippen molar-refractivity contribution in [2.24, 2.45) is 5.92 Å². The topological polar surface area (TPSA) is 33.1 Å². The van der Waals surface area contributed by atoms with Gasteiger partial charge in [-0.25, -0.2) is 0 Å². The van der Waals surface area contributed by atoms with Gasteiger partial charge in [0.1, 0.15) is 0 Å². The lowest BCUT2D eigenvalue weighted by atomic mass is 9.72. The van der Waals surface area contributed by atoms with Gasteiger partial charge in [0.15, 0.2) is 0 Å². The Balaban J connectivity index is 1.99. The molecule has 3 rings (SSSR count). The third-order valence-electron chi connectivity index (χ3n) is 4.65. The molecule has 1 aromatic rings. The predicted octanol–water partition coefficient (Wildman–Crippen LogP) is 3.05. The molecule has 92 valence electrons. The highest BCUT2D eigenvalue weighted by molar-refractivity contribution is 5.29. The fourth-order valence-corrected chi connectivity index (χ4v) is 3.50. The van der Waals surface area contributed by atoms with Gasteiger partial charge in [-0.2, -0.15) is 0 Å². The minimum Gasteiger partial charge on any atom is -0.389 e. The van der Waals surface area contributed by atoms with E-state index in [9.17, 15) is 5.11 Å². The Bertz CT molecular complexity index is 413. The quantitative estimate of drug-likeness (QED) is 0.867. The minimum atomic E-state index is -0.497. The maximum atomic E-state index is 11.0. The van der Waals surface area contributed by atoms with Crippen molar-refractivity contribution < 1.29 is 5.11 Å². The first-order valence-electron chi connectivity index (χ1n) is 6.92. The molecule has 0 aliphatic heterocycles. The lowest BCUT2D eigenvalue weighted by Crippen LogP contribution is -2.40. The van der Waals surface area contributed by atoms with Gasteiger partial charge in [0.05, 0.1) is 5.60 Å². The molecule has 0 bridgehead atoms. The second-order valence-electron chi connectivity index (χ2n) is 5.61. The Morgan fingerprint density at radius 2 is 2.24 bits per heavy atom. The molecule has 0 amide bonds. The fourth-order valence-electron chi connectivity index (χ4n) is 3.50. The summed E-state index contributed by atoms with van der Waals surface area (Å²) in [6, 6.07) is 4.20. The molecule has 1 aromatic heterocycles. The molecule has 0 saturated heterocycles. The predicted molar refractivity (Wildman–Crippen MR) is 67.9 cm³/mol. The summed E-state index contributed by atoms with van der Waals surface area (Å²) in [6.45, 7) is 2.12. The first kappa shape index (κ1) is 11.2. The summed E-state index contributed by atoms with van der Waals surface area (Å²) in [5, 5.41) is 11.0. The van der Waals surface area contributed by atoms with E-state index < -0.39 is 5.60 Å². The summed E-state index contributed by atoms with van der Waals surface area (Å²) in [4.78, 5) is 4.56. The number of rotatable bonds is 3. The Morgan fingerprint density at radius 1 is 1.41 bits per heavy atom. The molecule has 2 nitrogen and oxygen atoms in total. The highest BCUT2D eigenvalue weighted by atomic mass is 16.3. The largest absolute Gasteiger partial charge is 0.389 e. The Hall–Kier alpha value is -0.890. The Morgan fingerprint density at radius 3 is 2.94 bits per heavy atom. The van der Waals surface area contributed by atoms with Gasteiger partial charge >= 0.3 is 0 Å². The monoisotopic (exact) mass is 231 g/mol. The van der Waals surface area contributed by atoms with E-state index in [2.05, 4.69) is 18.0 Å². The lowest BCUT2D eigenvalue weighted by molar-refractivity contribution is -0.0201. The third kappa shape index (κ3) is 1.79. The molecule has 1 saturated carbocycles. The second-order valence-corrected chi connectivity index (χ2v) is 5.61. The van der Waals surface area contributed by atoms with Crippen molar-refractivity contribution in [3.8, 4) is 0 Å². The van der Waals surface area contributed by atoms with Gasteiger partial charge < -0.3 is 5.11 Å². The summed E-state index contributed by atoms with van der Waals surface area (Å²) in [6.07, 6.45) is 8.55. The SMILES string of the molecule is CCC(O)(C1CC1)C1CCCc2cccnc21. The molecule has 17 heavy (non-hydrogen) atoms. The van der Waals surface area contributed by atoms with Crippen LogP contribution < -0.4 is 0 Å². The summed E-state index contributed by atoms with van der Waals surface area (Å²) in [5.41, 5.74) is 2.04. The summed E-state index contributed by atoms with van der Waals surface area (Å²) in [7, 11) is 0.